The summed E-state index contributed by atoms with van der Waals surface area (Å²) < 4.78 is 24.6. The maximum atomic E-state index is 13.8. The first kappa shape index (κ1) is 32.2. The third-order valence-electron chi connectivity index (χ3n) is 6.79. The Bertz CT molecular complexity index is 1770. The smallest absolute Gasteiger partial charge is 0.347 e. The number of benzene rings is 3. The number of methoxy groups -OCH3 is 2. The van der Waals surface area contributed by atoms with Gasteiger partial charge >= 0.3 is 5.97 Å². The number of aryl methyl sites for hydroxylation is 1. The van der Waals surface area contributed by atoms with Crippen LogP contribution < -0.4 is 19.8 Å². The van der Waals surface area contributed by atoms with Crippen LogP contribution in [0.5, 0.6) is 17.2 Å². The Morgan fingerprint density at radius 3 is 2.40 bits per heavy atom. The first-order valence-electron chi connectivity index (χ1n) is 13.7. The van der Waals surface area contributed by atoms with Gasteiger partial charge in [-0.25, -0.2) is 9.78 Å². The van der Waals surface area contributed by atoms with Crippen molar-refractivity contribution in [2.24, 2.45) is 5.10 Å². The van der Waals surface area contributed by atoms with Crippen LogP contribution in [0.1, 0.15) is 50.3 Å². The topological polar surface area (TPSA) is 101 Å². The van der Waals surface area contributed by atoms with Crippen LogP contribution in [-0.4, -0.2) is 48.8 Å². The molecular weight excluding hydrogens is 682 g/mol. The van der Waals surface area contributed by atoms with Gasteiger partial charge in [0.15, 0.2) is 23.4 Å². The third-order valence-corrected chi connectivity index (χ3v) is 8.94. The predicted molar refractivity (Wildman–Crippen MR) is 175 cm³/mol. The van der Waals surface area contributed by atoms with Gasteiger partial charge in [-0.3, -0.25) is 4.79 Å². The van der Waals surface area contributed by atoms with Crippen LogP contribution in [0.2, 0.25) is 0 Å². The molecule has 0 bridgehead atoms. The van der Waals surface area contributed by atoms with Crippen molar-refractivity contribution in [3.8, 4) is 28.6 Å². The van der Waals surface area contributed by atoms with E-state index in [4.69, 9.17) is 23.9 Å². The minimum absolute atomic E-state index is 0.173. The summed E-state index contributed by atoms with van der Waals surface area (Å²) in [7, 11) is 3.14. The summed E-state index contributed by atoms with van der Waals surface area (Å²) in [4.78, 5) is 30.9. The number of hydrogen-bond donors (Lipinski definition) is 0. The molecule has 4 rings (SSSR count). The summed E-state index contributed by atoms with van der Waals surface area (Å²) in [6.07, 6.45) is 0.671. The zero-order valence-corrected chi connectivity index (χ0v) is 28.2. The average molecular weight is 715 g/mol. The lowest BCUT2D eigenvalue weighted by atomic mass is 9.96. The highest BCUT2D eigenvalue weighted by Gasteiger charge is 2.23. The number of esters is 1. The number of carbonyl (C=O) groups excluding carboxylic acids is 1. The zero-order valence-electron chi connectivity index (χ0n) is 25.0. The number of aromatic nitrogens is 2. The molecule has 43 heavy (non-hydrogen) atoms. The van der Waals surface area contributed by atoms with Gasteiger partial charge in [0.2, 0.25) is 0 Å². The van der Waals surface area contributed by atoms with Crippen LogP contribution in [0.4, 0.5) is 0 Å². The monoisotopic (exact) mass is 713 g/mol. The lowest BCUT2D eigenvalue weighted by Crippen LogP contribution is -2.26. The number of hydrogen-bond acceptors (Lipinski definition) is 8. The van der Waals surface area contributed by atoms with Crippen molar-refractivity contribution in [2.75, 3.05) is 20.8 Å². The van der Waals surface area contributed by atoms with Gasteiger partial charge < -0.3 is 18.9 Å². The molecule has 0 aliphatic heterocycles. The average Bonchev–Trinajstić information content (AvgIpc) is 2.99. The molecule has 0 saturated heterocycles. The molecule has 0 aliphatic carbocycles. The van der Waals surface area contributed by atoms with E-state index < -0.39 is 12.1 Å². The molecule has 1 heterocycles. The summed E-state index contributed by atoms with van der Waals surface area (Å²) in [5.74, 6) is 1.51. The van der Waals surface area contributed by atoms with E-state index in [9.17, 15) is 9.59 Å². The largest absolute Gasteiger partial charge is 0.496 e. The fourth-order valence-electron chi connectivity index (χ4n) is 4.54. The second kappa shape index (κ2) is 13.7. The van der Waals surface area contributed by atoms with Crippen LogP contribution in [0.25, 0.3) is 22.3 Å². The van der Waals surface area contributed by atoms with Gasteiger partial charge in [0.1, 0.15) is 5.75 Å². The van der Waals surface area contributed by atoms with E-state index in [1.165, 1.54) is 11.8 Å². The Kier molecular flexibility index (Phi) is 10.3. The highest BCUT2D eigenvalue weighted by atomic mass is 79.9. The van der Waals surface area contributed by atoms with Crippen molar-refractivity contribution in [1.82, 2.24) is 9.66 Å². The predicted octanol–water partition coefficient (Wildman–Crippen LogP) is 7.25. The molecule has 0 spiro atoms. The molecule has 0 unspecified atom stereocenters. The maximum Gasteiger partial charge on any atom is 0.347 e. The van der Waals surface area contributed by atoms with E-state index in [1.54, 1.807) is 45.4 Å². The number of halogens is 2. The second-order valence-electron chi connectivity index (χ2n) is 10.0. The van der Waals surface area contributed by atoms with E-state index in [-0.39, 0.29) is 18.1 Å². The fourth-order valence-corrected chi connectivity index (χ4v) is 5.45. The van der Waals surface area contributed by atoms with Crippen LogP contribution >= 0.6 is 31.9 Å². The summed E-state index contributed by atoms with van der Waals surface area (Å²) in [5, 5.41) is 5.08. The van der Waals surface area contributed by atoms with Gasteiger partial charge in [-0.2, -0.15) is 9.78 Å². The lowest BCUT2D eigenvalue weighted by molar-refractivity contribution is -0.150. The number of ether oxygens (including phenoxy) is 4. The first-order chi connectivity index (χ1) is 20.5. The van der Waals surface area contributed by atoms with Crippen molar-refractivity contribution < 1.29 is 23.7 Å². The van der Waals surface area contributed by atoms with E-state index in [0.717, 1.165) is 22.4 Å². The molecule has 0 aliphatic rings. The number of para-hydroxylation sites is 1. The van der Waals surface area contributed by atoms with Crippen molar-refractivity contribution in [3.63, 3.8) is 0 Å². The molecular formula is C32H33Br2N3O6. The summed E-state index contributed by atoms with van der Waals surface area (Å²) in [6, 6.07) is 12.8. The van der Waals surface area contributed by atoms with E-state index in [0.29, 0.717) is 42.7 Å². The van der Waals surface area contributed by atoms with Gasteiger partial charge in [0.05, 0.1) is 42.4 Å². The Hall–Kier alpha value is -3.70. The Morgan fingerprint density at radius 2 is 1.74 bits per heavy atom. The lowest BCUT2D eigenvalue weighted by Gasteiger charge is -2.19. The molecule has 0 fully saturated rings. The van der Waals surface area contributed by atoms with Crippen molar-refractivity contribution in [1.29, 1.82) is 0 Å². The molecule has 0 amide bonds. The standard InChI is InChI=1S/C32H33Br2N3O6/c1-8-42-32(39)19(5)43-29-26(41-7)14-20(27(33)28(29)34)16-35-37-30(36-24-12-10-9-11-21(24)31(37)38)23-15-22(17(2)3)25(40-6)13-18(23)4/h9-17,19H,8H2,1-7H3/t19-/m0/s1. The van der Waals surface area contributed by atoms with E-state index >= 15 is 0 Å². The number of carbonyl (C=O) groups is 1. The number of nitrogens with zero attached hydrogens (tertiary/aromatic N) is 3. The SMILES string of the molecule is CCOC(=O)[C@H](C)Oc1c(OC)cc(C=Nn2c(-c3cc(C(C)C)c(OC)cc3C)nc3ccccc3c2=O)c(Br)c1Br. The normalized spacial score (nSPS) is 12.1. The molecule has 0 saturated carbocycles. The van der Waals surface area contributed by atoms with E-state index in [1.807, 2.05) is 31.2 Å². The van der Waals surface area contributed by atoms with Crippen LogP contribution in [0.15, 0.2) is 61.3 Å². The van der Waals surface area contributed by atoms with Gasteiger partial charge in [0, 0.05) is 15.6 Å². The minimum atomic E-state index is -0.871. The zero-order chi connectivity index (χ0) is 31.4. The summed E-state index contributed by atoms with van der Waals surface area (Å²) in [6.45, 7) is 9.68. The Balaban J connectivity index is 1.89. The van der Waals surface area contributed by atoms with Gasteiger partial charge in [-0.05, 0) is 100 Å². The van der Waals surface area contributed by atoms with Crippen molar-refractivity contribution >= 4 is 54.9 Å². The van der Waals surface area contributed by atoms with Crippen LogP contribution in [0, 0.1) is 6.92 Å². The highest BCUT2D eigenvalue weighted by Crippen LogP contribution is 2.43. The minimum Gasteiger partial charge on any atom is -0.496 e. The fraction of sp³-hybridized carbons (Fsp3) is 0.312. The second-order valence-corrected chi connectivity index (χ2v) is 11.6. The van der Waals surface area contributed by atoms with Crippen LogP contribution in [0.3, 0.4) is 0 Å². The van der Waals surface area contributed by atoms with Gasteiger partial charge in [-0.1, -0.05) is 26.0 Å². The number of fused-ring (bicyclic) bond motifs is 1. The Morgan fingerprint density at radius 1 is 1.05 bits per heavy atom. The number of rotatable bonds is 10. The molecule has 0 radical (unpaired) electrons. The molecule has 226 valence electrons. The van der Waals surface area contributed by atoms with Crippen molar-refractivity contribution in [3.05, 3.63) is 78.5 Å². The van der Waals surface area contributed by atoms with Crippen LogP contribution in [-0.2, 0) is 9.53 Å². The highest BCUT2D eigenvalue weighted by molar-refractivity contribution is 9.13. The molecule has 9 nitrogen and oxygen atoms in total. The molecule has 1 aromatic heterocycles. The first-order valence-corrected chi connectivity index (χ1v) is 15.2. The maximum absolute atomic E-state index is 13.8. The third kappa shape index (κ3) is 6.62. The Labute approximate surface area is 267 Å². The van der Waals surface area contributed by atoms with Gasteiger partial charge in [0.25, 0.3) is 5.56 Å². The molecule has 1 atom stereocenters. The quantitative estimate of drug-likeness (QED) is 0.126. The molecule has 3 aromatic carbocycles. The van der Waals surface area contributed by atoms with E-state index in [2.05, 4.69) is 50.8 Å². The molecule has 0 N–H and O–H groups in total. The van der Waals surface area contributed by atoms with Crippen molar-refractivity contribution in [2.45, 2.75) is 46.6 Å². The summed E-state index contributed by atoms with van der Waals surface area (Å²) in [5.41, 5.74) is 3.47. The summed E-state index contributed by atoms with van der Waals surface area (Å²) >= 11 is 7.14. The molecule has 11 heteroatoms. The van der Waals surface area contributed by atoms with Gasteiger partial charge in [-0.15, -0.1) is 0 Å². The molecule has 4 aromatic rings.